The molecular weight excluding hydrogens is 506 g/mol. The Morgan fingerprint density at radius 2 is 2.03 bits per heavy atom. The molecule has 1 radical (unpaired) electrons. The molecular formula is C27H29AsFN4O2. The first-order valence-corrected chi connectivity index (χ1v) is 13.5. The fourth-order valence-corrected chi connectivity index (χ4v) is 5.53. The average Bonchev–Trinajstić information content (AvgIpc) is 3.57. The molecule has 1 atom stereocenters. The zero-order valence-corrected chi connectivity index (χ0v) is 22.0. The van der Waals surface area contributed by atoms with Crippen LogP contribution in [0.2, 0.25) is 0 Å². The van der Waals surface area contributed by atoms with Crippen LogP contribution in [-0.2, 0) is 9.59 Å². The maximum absolute atomic E-state index is 14.9. The molecule has 1 amide bonds. The third-order valence-electron chi connectivity index (χ3n) is 5.87. The Kier molecular flexibility index (Phi) is 7.99. The first kappa shape index (κ1) is 25.1. The van der Waals surface area contributed by atoms with Crippen LogP contribution in [0.15, 0.2) is 60.7 Å². The summed E-state index contributed by atoms with van der Waals surface area (Å²) in [6, 6.07) is 14.1. The van der Waals surface area contributed by atoms with Crippen LogP contribution < -0.4 is 9.80 Å². The third-order valence-corrected chi connectivity index (χ3v) is 8.11. The van der Waals surface area contributed by atoms with E-state index in [0.29, 0.717) is 29.3 Å². The van der Waals surface area contributed by atoms with Gasteiger partial charge >= 0.3 is 180 Å². The molecule has 3 aromatic rings. The quantitative estimate of drug-likeness (QED) is 0.306. The molecule has 8 heteroatoms. The van der Waals surface area contributed by atoms with Crippen LogP contribution in [0.4, 0.5) is 10.1 Å². The van der Waals surface area contributed by atoms with Crippen LogP contribution >= 0.6 is 0 Å². The number of halogens is 1. The molecule has 6 nitrogen and oxygen atoms in total. The number of anilines is 1. The van der Waals surface area contributed by atoms with Crippen LogP contribution in [-0.4, -0.2) is 62.0 Å². The molecule has 0 saturated heterocycles. The van der Waals surface area contributed by atoms with Gasteiger partial charge in [-0.05, 0) is 14.1 Å². The summed E-state index contributed by atoms with van der Waals surface area (Å²) in [6.45, 7) is 2.53. The van der Waals surface area contributed by atoms with Gasteiger partial charge in [-0.1, -0.05) is 6.08 Å². The fraction of sp³-hybridized carbons (Fsp3) is 0.296. The number of hydrogen-bond donors (Lipinski definition) is 2. The monoisotopic (exact) mass is 535 g/mol. The maximum atomic E-state index is 14.9. The van der Waals surface area contributed by atoms with E-state index in [1.807, 2.05) is 56.3 Å². The number of carbonyl (C=O) groups is 2. The van der Waals surface area contributed by atoms with Crippen molar-refractivity contribution in [3.63, 3.8) is 0 Å². The molecule has 2 N–H and O–H groups in total. The van der Waals surface area contributed by atoms with E-state index in [-0.39, 0.29) is 16.4 Å². The van der Waals surface area contributed by atoms with Crippen molar-refractivity contribution in [1.82, 2.24) is 15.1 Å². The molecule has 1 fully saturated rings. The molecule has 1 aromatic heterocycles. The molecule has 181 valence electrons. The molecule has 35 heavy (non-hydrogen) atoms. The van der Waals surface area contributed by atoms with Crippen molar-refractivity contribution in [2.45, 2.75) is 31.6 Å². The van der Waals surface area contributed by atoms with Crippen LogP contribution in [0.25, 0.3) is 11.1 Å². The Balaban J connectivity index is 1.43. The van der Waals surface area contributed by atoms with E-state index in [0.717, 1.165) is 15.7 Å². The summed E-state index contributed by atoms with van der Waals surface area (Å²) in [7, 11) is 3.82. The van der Waals surface area contributed by atoms with Crippen LogP contribution in [0.3, 0.4) is 0 Å². The number of amides is 1. The Morgan fingerprint density at radius 1 is 1.23 bits per heavy atom. The minimum absolute atomic E-state index is 0.160. The first-order chi connectivity index (χ1) is 16.8. The first-order valence-electron chi connectivity index (χ1n) is 11.6. The van der Waals surface area contributed by atoms with Gasteiger partial charge in [0.2, 0.25) is 0 Å². The predicted octanol–water partition coefficient (Wildman–Crippen LogP) is 3.81. The summed E-state index contributed by atoms with van der Waals surface area (Å²) in [6.07, 6.45) is 5.56. The van der Waals surface area contributed by atoms with Crippen LogP contribution in [0, 0.1) is 5.82 Å². The second-order valence-electron chi connectivity index (χ2n) is 9.10. The molecule has 1 aliphatic carbocycles. The number of nitrogens with one attached hydrogen (secondary N) is 2. The zero-order chi connectivity index (χ0) is 24.9. The van der Waals surface area contributed by atoms with Gasteiger partial charge in [0.25, 0.3) is 0 Å². The Labute approximate surface area is 211 Å². The summed E-state index contributed by atoms with van der Waals surface area (Å²) in [5, 5.41) is 10.1. The molecule has 0 bridgehead atoms. The van der Waals surface area contributed by atoms with Gasteiger partial charge in [-0.15, -0.1) is 0 Å². The van der Waals surface area contributed by atoms with Crippen molar-refractivity contribution >= 4 is 36.4 Å². The van der Waals surface area contributed by atoms with Gasteiger partial charge in [0, 0.05) is 6.54 Å². The minimum atomic E-state index is -0.708. The Bertz CT molecular complexity index is 1250. The normalized spacial score (nSPS) is 14.8. The van der Waals surface area contributed by atoms with Gasteiger partial charge in [0.15, 0.2) is 0 Å². The number of H-pyrrole nitrogens is 1. The van der Waals surface area contributed by atoms with Crippen molar-refractivity contribution in [3.05, 3.63) is 77.8 Å². The number of likely N-dealkylation sites (N-methyl/N-ethyl adjacent to an activating group) is 1. The summed E-state index contributed by atoms with van der Waals surface area (Å²) < 4.78 is 16.0. The van der Waals surface area contributed by atoms with E-state index in [4.69, 9.17) is 0 Å². The van der Waals surface area contributed by atoms with Gasteiger partial charge < -0.3 is 4.90 Å². The SMILES string of the molecule is CC(C(=O)[As]c1cc(C2CC2)[nH]n1)c1cccc(-c2ccc(NC(=O)/C=C/CN(C)C)cc2F)c1. The number of aromatic nitrogens is 2. The number of rotatable bonds is 10. The van der Waals surface area contributed by atoms with Crippen LogP contribution in [0.5, 0.6) is 0 Å². The number of nitrogens with zero attached hydrogens (tertiary/aromatic N) is 2. The number of hydrogen-bond acceptors (Lipinski definition) is 4. The van der Waals surface area contributed by atoms with Crippen LogP contribution in [0.1, 0.15) is 42.9 Å². The summed E-state index contributed by atoms with van der Waals surface area (Å²) in [5.41, 5.74) is 3.48. The number of benzene rings is 2. The molecule has 1 unspecified atom stereocenters. The predicted molar refractivity (Wildman–Crippen MR) is 138 cm³/mol. The van der Waals surface area contributed by atoms with Crippen molar-refractivity contribution in [1.29, 1.82) is 0 Å². The summed E-state index contributed by atoms with van der Waals surface area (Å²) in [4.78, 5) is 26.9. The van der Waals surface area contributed by atoms with E-state index >= 15 is 0 Å². The average molecular weight is 535 g/mol. The second kappa shape index (κ2) is 11.1. The van der Waals surface area contributed by atoms with E-state index in [1.54, 1.807) is 18.2 Å². The molecule has 1 heterocycles. The Hall–Kier alpha value is -3.02. The van der Waals surface area contributed by atoms with Crippen molar-refractivity contribution < 1.29 is 14.0 Å². The topological polar surface area (TPSA) is 78.1 Å². The fourth-order valence-electron chi connectivity index (χ4n) is 3.70. The van der Waals surface area contributed by atoms with Gasteiger partial charge in [-0.3, -0.25) is 0 Å². The molecule has 0 spiro atoms. The molecule has 2 aromatic carbocycles. The third kappa shape index (κ3) is 6.77. The Morgan fingerprint density at radius 3 is 2.74 bits per heavy atom. The van der Waals surface area contributed by atoms with E-state index in [1.165, 1.54) is 25.0 Å². The van der Waals surface area contributed by atoms with Gasteiger partial charge in [-0.25, -0.2) is 0 Å². The van der Waals surface area contributed by atoms with Crippen molar-refractivity contribution in [3.8, 4) is 11.1 Å². The van der Waals surface area contributed by atoms with Gasteiger partial charge in [0.1, 0.15) is 0 Å². The van der Waals surface area contributed by atoms with E-state index in [2.05, 4.69) is 15.5 Å². The van der Waals surface area contributed by atoms with E-state index < -0.39 is 21.6 Å². The summed E-state index contributed by atoms with van der Waals surface area (Å²) >= 11 is -0.708. The number of aromatic amines is 1. The van der Waals surface area contributed by atoms with Crippen molar-refractivity contribution in [2.24, 2.45) is 0 Å². The van der Waals surface area contributed by atoms with Gasteiger partial charge in [0.05, 0.1) is 0 Å². The molecule has 1 aliphatic rings. The molecule has 0 aliphatic heterocycles. The van der Waals surface area contributed by atoms with Gasteiger partial charge in [-0.2, -0.15) is 0 Å². The van der Waals surface area contributed by atoms with E-state index in [9.17, 15) is 14.0 Å². The standard InChI is InChI=1S/C27H29AsFN4O2/c1-17(27(35)28-25-16-24(31-32-25)18-9-10-18)19-6-4-7-20(14-19)22-12-11-21(15-23(22)29)30-26(34)8-5-13-33(2)3/h4-8,11-12,14-18H,9-10,13H2,1-3H3,(H,30,34)(H,31,32)/b8-5+. The molecule has 1 saturated carbocycles. The van der Waals surface area contributed by atoms with Crippen molar-refractivity contribution in [2.75, 3.05) is 26.0 Å². The number of carbonyl (C=O) groups excluding carboxylic acids is 2. The zero-order valence-electron chi connectivity index (χ0n) is 20.1. The second-order valence-corrected chi connectivity index (χ2v) is 11.5. The summed E-state index contributed by atoms with van der Waals surface area (Å²) in [5.74, 6) is -0.466. The molecule has 4 rings (SSSR count).